The summed E-state index contributed by atoms with van der Waals surface area (Å²) < 4.78 is 11.0. The first kappa shape index (κ1) is 19.1. The van der Waals surface area contributed by atoms with Crippen molar-refractivity contribution in [1.29, 1.82) is 0 Å². The van der Waals surface area contributed by atoms with Crippen LogP contribution in [0.5, 0.6) is 5.75 Å². The van der Waals surface area contributed by atoms with Gasteiger partial charge in [-0.1, -0.05) is 24.3 Å². The molecule has 0 bridgehead atoms. The van der Waals surface area contributed by atoms with E-state index in [2.05, 4.69) is 10.6 Å². The van der Waals surface area contributed by atoms with Crippen LogP contribution < -0.4 is 21.1 Å². The molecule has 7 heteroatoms. The van der Waals surface area contributed by atoms with E-state index in [1.807, 2.05) is 18.2 Å². The first-order valence-corrected chi connectivity index (χ1v) is 9.19. The molecular weight excluding hydrogens is 382 g/mol. The number of methoxy groups -OCH3 is 1. The zero-order valence-corrected chi connectivity index (χ0v) is 16.1. The van der Waals surface area contributed by atoms with Gasteiger partial charge in [-0.2, -0.15) is 0 Å². The third-order valence-electron chi connectivity index (χ3n) is 4.57. The highest BCUT2D eigenvalue weighted by Gasteiger charge is 2.21. The Morgan fingerprint density at radius 2 is 1.57 bits per heavy atom. The highest BCUT2D eigenvalue weighted by Crippen LogP contribution is 2.33. The summed E-state index contributed by atoms with van der Waals surface area (Å²) in [5.41, 5.74) is 8.37. The molecule has 150 valence electrons. The Bertz CT molecular complexity index is 1230. The summed E-state index contributed by atoms with van der Waals surface area (Å²) >= 11 is 0. The van der Waals surface area contributed by atoms with Gasteiger partial charge >= 0.3 is 0 Å². The summed E-state index contributed by atoms with van der Waals surface area (Å²) in [5.74, 6) is -0.290. The zero-order valence-electron chi connectivity index (χ0n) is 16.1. The van der Waals surface area contributed by atoms with Crippen molar-refractivity contribution in [3.8, 4) is 5.75 Å². The van der Waals surface area contributed by atoms with Gasteiger partial charge in [0.2, 0.25) is 5.76 Å². The zero-order chi connectivity index (χ0) is 21.1. The number of para-hydroxylation sites is 3. The van der Waals surface area contributed by atoms with Gasteiger partial charge in [0.05, 0.1) is 23.9 Å². The molecule has 1 heterocycles. The van der Waals surface area contributed by atoms with Crippen LogP contribution in [-0.2, 0) is 0 Å². The SMILES string of the molecule is COc1c(C(=O)Nc2ccc(C(=O)Nc3ccccc3N)cc2)oc2ccccc12. The van der Waals surface area contributed by atoms with Crippen LogP contribution in [0.2, 0.25) is 0 Å². The van der Waals surface area contributed by atoms with E-state index < -0.39 is 5.91 Å². The van der Waals surface area contributed by atoms with Crippen molar-refractivity contribution in [2.45, 2.75) is 0 Å². The molecule has 0 aliphatic carbocycles. The van der Waals surface area contributed by atoms with Gasteiger partial charge in [0.25, 0.3) is 11.8 Å². The number of benzene rings is 3. The number of carbonyl (C=O) groups excluding carboxylic acids is 2. The number of amides is 2. The Morgan fingerprint density at radius 1 is 0.867 bits per heavy atom. The fourth-order valence-electron chi connectivity index (χ4n) is 3.07. The minimum Gasteiger partial charge on any atom is -0.492 e. The number of carbonyl (C=O) groups is 2. The van der Waals surface area contributed by atoms with E-state index >= 15 is 0 Å². The molecule has 4 rings (SSSR count). The average Bonchev–Trinajstić information content (AvgIpc) is 3.14. The lowest BCUT2D eigenvalue weighted by Gasteiger charge is -2.09. The number of hydrogen-bond donors (Lipinski definition) is 3. The number of nitrogens with two attached hydrogens (primary N) is 1. The van der Waals surface area contributed by atoms with Crippen LogP contribution in [0.4, 0.5) is 17.1 Å². The van der Waals surface area contributed by atoms with Crippen LogP contribution in [0.1, 0.15) is 20.9 Å². The lowest BCUT2D eigenvalue weighted by atomic mass is 10.1. The molecule has 0 aliphatic rings. The van der Waals surface area contributed by atoms with E-state index in [0.29, 0.717) is 34.0 Å². The molecule has 0 saturated heterocycles. The molecule has 7 nitrogen and oxygen atoms in total. The van der Waals surface area contributed by atoms with E-state index in [4.69, 9.17) is 14.9 Å². The molecule has 4 N–H and O–H groups in total. The van der Waals surface area contributed by atoms with Crippen LogP contribution in [0.15, 0.2) is 77.2 Å². The van der Waals surface area contributed by atoms with Crippen molar-refractivity contribution in [2.24, 2.45) is 0 Å². The van der Waals surface area contributed by atoms with Gasteiger partial charge < -0.3 is 25.5 Å². The molecule has 0 fully saturated rings. The summed E-state index contributed by atoms with van der Waals surface area (Å²) in [5, 5.41) is 6.23. The van der Waals surface area contributed by atoms with E-state index in [1.165, 1.54) is 7.11 Å². The van der Waals surface area contributed by atoms with Crippen molar-refractivity contribution < 1.29 is 18.7 Å². The number of fused-ring (bicyclic) bond motifs is 1. The highest BCUT2D eigenvalue weighted by molar-refractivity contribution is 6.09. The third-order valence-corrected chi connectivity index (χ3v) is 4.57. The molecule has 3 aromatic carbocycles. The molecule has 0 spiro atoms. The third kappa shape index (κ3) is 3.68. The van der Waals surface area contributed by atoms with Crippen LogP contribution in [0, 0.1) is 0 Å². The molecule has 1 aromatic heterocycles. The molecule has 0 aliphatic heterocycles. The predicted molar refractivity (Wildman–Crippen MR) is 116 cm³/mol. The Hall–Kier alpha value is -4.26. The molecule has 4 aromatic rings. The number of nitrogen functional groups attached to an aromatic ring is 1. The number of anilines is 3. The largest absolute Gasteiger partial charge is 0.492 e. The Kier molecular flexibility index (Phi) is 5.09. The maximum atomic E-state index is 12.7. The maximum Gasteiger partial charge on any atom is 0.295 e. The Morgan fingerprint density at radius 3 is 2.30 bits per heavy atom. The Labute approximate surface area is 172 Å². The Balaban J connectivity index is 1.49. The van der Waals surface area contributed by atoms with Crippen LogP contribution in [0.25, 0.3) is 11.0 Å². The van der Waals surface area contributed by atoms with Crippen molar-refractivity contribution in [3.05, 3.63) is 84.1 Å². The van der Waals surface area contributed by atoms with Crippen LogP contribution in [0.3, 0.4) is 0 Å². The summed E-state index contributed by atoms with van der Waals surface area (Å²) in [4.78, 5) is 25.1. The van der Waals surface area contributed by atoms with Gasteiger partial charge in [0.15, 0.2) is 5.75 Å². The second-order valence-corrected chi connectivity index (χ2v) is 6.53. The molecule has 30 heavy (non-hydrogen) atoms. The van der Waals surface area contributed by atoms with E-state index in [-0.39, 0.29) is 11.7 Å². The van der Waals surface area contributed by atoms with Gasteiger partial charge in [-0.3, -0.25) is 9.59 Å². The number of hydrogen-bond acceptors (Lipinski definition) is 5. The minimum absolute atomic E-state index is 0.0834. The maximum absolute atomic E-state index is 12.7. The fraction of sp³-hybridized carbons (Fsp3) is 0.0435. The van der Waals surface area contributed by atoms with Gasteiger partial charge in [-0.05, 0) is 48.5 Å². The van der Waals surface area contributed by atoms with Crippen LogP contribution in [-0.4, -0.2) is 18.9 Å². The molecule has 0 saturated carbocycles. The smallest absolute Gasteiger partial charge is 0.295 e. The number of nitrogens with one attached hydrogen (secondary N) is 2. The van der Waals surface area contributed by atoms with E-state index in [1.54, 1.807) is 54.6 Å². The average molecular weight is 401 g/mol. The van der Waals surface area contributed by atoms with E-state index in [0.717, 1.165) is 5.39 Å². The van der Waals surface area contributed by atoms with Gasteiger partial charge in [-0.25, -0.2) is 0 Å². The van der Waals surface area contributed by atoms with Gasteiger partial charge in [0, 0.05) is 11.3 Å². The number of rotatable bonds is 5. The topological polar surface area (TPSA) is 107 Å². The summed E-state index contributed by atoms with van der Waals surface area (Å²) in [6, 6.07) is 20.8. The predicted octanol–water partition coefficient (Wildman–Crippen LogP) is 4.53. The lowest BCUT2D eigenvalue weighted by Crippen LogP contribution is -2.14. The van der Waals surface area contributed by atoms with Gasteiger partial charge in [-0.15, -0.1) is 0 Å². The lowest BCUT2D eigenvalue weighted by molar-refractivity contribution is 0.0993. The van der Waals surface area contributed by atoms with E-state index in [9.17, 15) is 9.59 Å². The molecule has 0 unspecified atom stereocenters. The molecule has 2 amide bonds. The molecular formula is C23H19N3O4. The summed E-state index contributed by atoms with van der Waals surface area (Å²) in [6.07, 6.45) is 0. The van der Waals surface area contributed by atoms with Crippen molar-refractivity contribution in [2.75, 3.05) is 23.5 Å². The first-order chi connectivity index (χ1) is 14.6. The molecule has 0 radical (unpaired) electrons. The van der Waals surface area contributed by atoms with Gasteiger partial charge in [0.1, 0.15) is 5.58 Å². The highest BCUT2D eigenvalue weighted by atomic mass is 16.5. The second-order valence-electron chi connectivity index (χ2n) is 6.53. The molecule has 0 atom stereocenters. The van der Waals surface area contributed by atoms with Crippen molar-refractivity contribution in [1.82, 2.24) is 0 Å². The summed E-state index contributed by atoms with van der Waals surface area (Å²) in [6.45, 7) is 0. The van der Waals surface area contributed by atoms with Crippen LogP contribution >= 0.6 is 0 Å². The fourth-order valence-corrected chi connectivity index (χ4v) is 3.07. The number of furan rings is 1. The minimum atomic E-state index is -0.447. The summed E-state index contributed by atoms with van der Waals surface area (Å²) in [7, 11) is 1.49. The quantitative estimate of drug-likeness (QED) is 0.426. The number of ether oxygens (including phenoxy) is 1. The second kappa shape index (κ2) is 8.00. The normalized spacial score (nSPS) is 10.6. The standard InChI is InChI=1S/C23H19N3O4/c1-29-20-16-6-2-5-9-19(16)30-21(20)23(28)25-15-12-10-14(11-13-15)22(27)26-18-8-4-3-7-17(18)24/h2-13H,24H2,1H3,(H,25,28)(H,26,27). The first-order valence-electron chi connectivity index (χ1n) is 9.19. The van der Waals surface area contributed by atoms with Crippen molar-refractivity contribution in [3.63, 3.8) is 0 Å². The monoisotopic (exact) mass is 401 g/mol. The van der Waals surface area contributed by atoms with Crippen molar-refractivity contribution >= 4 is 39.8 Å².